The summed E-state index contributed by atoms with van der Waals surface area (Å²) < 4.78 is 40.0. The minimum atomic E-state index is -4.33. The van der Waals surface area contributed by atoms with Gasteiger partial charge in [0.15, 0.2) is 0 Å². The van der Waals surface area contributed by atoms with Crippen LogP contribution in [-0.2, 0) is 14.8 Å². The lowest BCUT2D eigenvalue weighted by atomic mass is 10.1. The summed E-state index contributed by atoms with van der Waals surface area (Å²) in [6, 6.07) is 1.46. The Bertz CT molecular complexity index is 689. The highest BCUT2D eigenvalue weighted by Crippen LogP contribution is 2.18. The van der Waals surface area contributed by atoms with E-state index in [1.807, 2.05) is 0 Å². The van der Waals surface area contributed by atoms with E-state index >= 15 is 0 Å². The van der Waals surface area contributed by atoms with E-state index in [1.54, 1.807) is 0 Å². The summed E-state index contributed by atoms with van der Waals surface area (Å²) in [4.78, 5) is 21.6. The van der Waals surface area contributed by atoms with Crippen molar-refractivity contribution in [1.82, 2.24) is 10.0 Å². The van der Waals surface area contributed by atoms with Gasteiger partial charge >= 0.3 is 5.97 Å². The first kappa shape index (κ1) is 15.4. The van der Waals surface area contributed by atoms with Crippen molar-refractivity contribution in [2.45, 2.75) is 23.8 Å². The van der Waals surface area contributed by atoms with Crippen molar-refractivity contribution >= 4 is 21.9 Å². The number of carboxylic acid groups (broad SMARTS) is 1. The fourth-order valence-corrected chi connectivity index (χ4v) is 3.31. The highest BCUT2D eigenvalue weighted by Gasteiger charge is 2.29. The molecule has 3 N–H and O–H groups in total. The van der Waals surface area contributed by atoms with Gasteiger partial charge in [-0.3, -0.25) is 4.79 Å². The molecule has 0 saturated carbocycles. The first-order valence-corrected chi connectivity index (χ1v) is 7.62. The van der Waals surface area contributed by atoms with Crippen LogP contribution in [0.1, 0.15) is 23.2 Å². The number of piperidine rings is 1. The molecule has 1 atom stereocenters. The number of halogens is 1. The largest absolute Gasteiger partial charge is 0.478 e. The van der Waals surface area contributed by atoms with Crippen LogP contribution in [0.3, 0.4) is 0 Å². The Labute approximate surface area is 120 Å². The predicted octanol–water partition coefficient (Wildman–Crippen LogP) is 0.0808. The van der Waals surface area contributed by atoms with Gasteiger partial charge in [-0.1, -0.05) is 0 Å². The maximum absolute atomic E-state index is 13.7. The fourth-order valence-electron chi connectivity index (χ4n) is 1.98. The Kier molecular flexibility index (Phi) is 4.24. The molecule has 0 bridgehead atoms. The normalized spacial score (nSPS) is 19.1. The zero-order valence-corrected chi connectivity index (χ0v) is 11.6. The lowest BCUT2D eigenvalue weighted by Crippen LogP contribution is -2.50. The van der Waals surface area contributed by atoms with Gasteiger partial charge in [-0.2, -0.15) is 4.72 Å². The quantitative estimate of drug-likeness (QED) is 0.728. The number of carboxylic acids is 1. The van der Waals surface area contributed by atoms with Crippen molar-refractivity contribution in [3.05, 3.63) is 29.6 Å². The van der Waals surface area contributed by atoms with Crippen LogP contribution in [0, 0.1) is 5.82 Å². The smallest absolute Gasteiger partial charge is 0.335 e. The van der Waals surface area contributed by atoms with Gasteiger partial charge in [-0.25, -0.2) is 17.6 Å². The Balaban J connectivity index is 2.32. The number of benzene rings is 1. The lowest BCUT2D eigenvalue weighted by Gasteiger charge is -2.22. The third-order valence-corrected chi connectivity index (χ3v) is 4.54. The number of hydrogen-bond donors (Lipinski definition) is 3. The van der Waals surface area contributed by atoms with Crippen molar-refractivity contribution in [2.24, 2.45) is 0 Å². The van der Waals surface area contributed by atoms with Crippen LogP contribution in [0.5, 0.6) is 0 Å². The lowest BCUT2D eigenvalue weighted by molar-refractivity contribution is -0.124. The molecule has 1 unspecified atom stereocenters. The van der Waals surface area contributed by atoms with Gasteiger partial charge in [-0.05, 0) is 31.0 Å². The van der Waals surface area contributed by atoms with Crippen molar-refractivity contribution in [2.75, 3.05) is 6.54 Å². The van der Waals surface area contributed by atoms with E-state index < -0.39 is 38.7 Å². The molecule has 1 saturated heterocycles. The summed E-state index contributed by atoms with van der Waals surface area (Å²) >= 11 is 0. The van der Waals surface area contributed by atoms with Crippen molar-refractivity contribution in [3.8, 4) is 0 Å². The second-order valence-corrected chi connectivity index (χ2v) is 6.24. The maximum Gasteiger partial charge on any atom is 0.335 e. The summed E-state index contributed by atoms with van der Waals surface area (Å²) in [7, 11) is -4.33. The predicted molar refractivity (Wildman–Crippen MR) is 69.7 cm³/mol. The summed E-state index contributed by atoms with van der Waals surface area (Å²) in [6.07, 6.45) is 0.891. The van der Waals surface area contributed by atoms with E-state index in [4.69, 9.17) is 5.11 Å². The first-order valence-electron chi connectivity index (χ1n) is 6.14. The minimum Gasteiger partial charge on any atom is -0.478 e. The Hall–Kier alpha value is -2.00. The van der Waals surface area contributed by atoms with Gasteiger partial charge in [0.25, 0.3) is 0 Å². The summed E-state index contributed by atoms with van der Waals surface area (Å²) in [5.74, 6) is -2.94. The van der Waals surface area contributed by atoms with Crippen molar-refractivity contribution < 1.29 is 27.5 Å². The van der Waals surface area contributed by atoms with Gasteiger partial charge in [0.2, 0.25) is 15.9 Å². The number of aromatic carboxylic acids is 1. The number of sulfonamides is 1. The summed E-state index contributed by atoms with van der Waals surface area (Å²) in [6.45, 7) is 0.458. The molecular weight excluding hydrogens is 303 g/mol. The molecule has 0 radical (unpaired) electrons. The maximum atomic E-state index is 13.7. The molecule has 1 aliphatic rings. The standard InChI is InChI=1S/C12H13FN2O5S/c13-8-4-3-7(12(17)18)6-10(8)21(19,20)15-9-2-1-5-14-11(9)16/h3-4,6,9,15H,1-2,5H2,(H,14,16)(H,17,18). The zero-order valence-electron chi connectivity index (χ0n) is 10.8. The van der Waals surface area contributed by atoms with E-state index in [1.165, 1.54) is 0 Å². The van der Waals surface area contributed by atoms with E-state index in [-0.39, 0.29) is 5.56 Å². The van der Waals surface area contributed by atoms with Crippen LogP contribution in [-0.4, -0.2) is 38.0 Å². The molecule has 2 rings (SSSR count). The Morgan fingerprint density at radius 2 is 2.14 bits per heavy atom. The molecule has 1 fully saturated rings. The minimum absolute atomic E-state index is 0.297. The third kappa shape index (κ3) is 3.37. The van der Waals surface area contributed by atoms with Gasteiger partial charge in [0, 0.05) is 6.54 Å². The molecule has 114 valence electrons. The average molecular weight is 316 g/mol. The highest BCUT2D eigenvalue weighted by molar-refractivity contribution is 7.89. The van der Waals surface area contributed by atoms with Crippen LogP contribution >= 0.6 is 0 Å². The van der Waals surface area contributed by atoms with Gasteiger partial charge in [0.1, 0.15) is 16.8 Å². The van der Waals surface area contributed by atoms with Gasteiger partial charge < -0.3 is 10.4 Å². The molecular formula is C12H13FN2O5S. The molecule has 1 aliphatic heterocycles. The van der Waals surface area contributed by atoms with Crippen molar-refractivity contribution in [3.63, 3.8) is 0 Å². The van der Waals surface area contributed by atoms with Crippen LogP contribution in [0.25, 0.3) is 0 Å². The van der Waals surface area contributed by atoms with Gasteiger partial charge in [-0.15, -0.1) is 0 Å². The first-order chi connectivity index (χ1) is 9.81. The fraction of sp³-hybridized carbons (Fsp3) is 0.333. The van der Waals surface area contributed by atoms with Crippen molar-refractivity contribution in [1.29, 1.82) is 0 Å². The second kappa shape index (κ2) is 5.78. The molecule has 0 aliphatic carbocycles. The van der Waals surface area contributed by atoms with E-state index in [9.17, 15) is 22.4 Å². The molecule has 1 aromatic carbocycles. The highest BCUT2D eigenvalue weighted by atomic mass is 32.2. The Morgan fingerprint density at radius 1 is 1.43 bits per heavy atom. The van der Waals surface area contributed by atoms with Crippen LogP contribution in [0.15, 0.2) is 23.1 Å². The molecule has 9 heteroatoms. The molecule has 0 spiro atoms. The monoisotopic (exact) mass is 316 g/mol. The number of hydrogen-bond acceptors (Lipinski definition) is 4. The average Bonchev–Trinajstić information content (AvgIpc) is 2.41. The molecule has 7 nitrogen and oxygen atoms in total. The number of nitrogens with one attached hydrogen (secondary N) is 2. The van der Waals surface area contributed by atoms with Crippen LogP contribution in [0.4, 0.5) is 4.39 Å². The van der Waals surface area contributed by atoms with Crippen LogP contribution in [0.2, 0.25) is 0 Å². The van der Waals surface area contributed by atoms with Crippen LogP contribution < -0.4 is 10.0 Å². The SMILES string of the molecule is O=C(O)c1ccc(F)c(S(=O)(=O)NC2CCCNC2=O)c1. The second-order valence-electron chi connectivity index (χ2n) is 4.56. The summed E-state index contributed by atoms with van der Waals surface area (Å²) in [5, 5.41) is 11.3. The number of amides is 1. The van der Waals surface area contributed by atoms with Gasteiger partial charge in [0.05, 0.1) is 5.56 Å². The van der Waals surface area contributed by atoms with E-state index in [0.29, 0.717) is 19.4 Å². The molecule has 1 aromatic rings. The molecule has 1 heterocycles. The zero-order chi connectivity index (χ0) is 15.6. The summed E-state index contributed by atoms with van der Waals surface area (Å²) in [5.41, 5.74) is -0.357. The van der Waals surface area contributed by atoms with E-state index in [2.05, 4.69) is 10.0 Å². The number of carbonyl (C=O) groups excluding carboxylic acids is 1. The molecule has 21 heavy (non-hydrogen) atoms. The van der Waals surface area contributed by atoms with E-state index in [0.717, 1.165) is 18.2 Å². The number of rotatable bonds is 4. The third-order valence-electron chi connectivity index (χ3n) is 3.05. The number of carbonyl (C=O) groups is 2. The topological polar surface area (TPSA) is 113 Å². The molecule has 0 aromatic heterocycles. The molecule has 1 amide bonds. The Morgan fingerprint density at radius 3 is 2.76 bits per heavy atom.